The Kier molecular flexibility index (Phi) is 2.76. The molecule has 2 nitrogen and oxygen atoms in total. The van der Waals surface area contributed by atoms with E-state index >= 15 is 0 Å². The first-order valence-electron chi connectivity index (χ1n) is 4.79. The van der Waals surface area contributed by atoms with Crippen LogP contribution in [0, 0.1) is 23.0 Å². The van der Waals surface area contributed by atoms with Gasteiger partial charge in [0.25, 0.3) is 0 Å². The van der Waals surface area contributed by atoms with Crippen molar-refractivity contribution in [3.63, 3.8) is 0 Å². The third-order valence-electron chi connectivity index (χ3n) is 3.36. The Hall–Kier alpha value is -0.530. The number of rotatable bonds is 1. The lowest BCUT2D eigenvalue weighted by Gasteiger charge is -2.34. The Morgan fingerprint density at radius 3 is 2.08 bits per heavy atom. The van der Waals surface area contributed by atoms with Gasteiger partial charge in [-0.1, -0.05) is 20.8 Å². The highest BCUT2D eigenvalue weighted by atomic mass is 16.5. The molecule has 0 spiro atoms. The fourth-order valence-electron chi connectivity index (χ4n) is 2.22. The highest BCUT2D eigenvalue weighted by Gasteiger charge is 2.34. The van der Waals surface area contributed by atoms with Crippen LogP contribution in [0.1, 0.15) is 33.6 Å². The van der Waals surface area contributed by atoms with E-state index in [0.717, 1.165) is 17.1 Å². The van der Waals surface area contributed by atoms with Gasteiger partial charge in [0.1, 0.15) is 6.72 Å². The van der Waals surface area contributed by atoms with Crippen LogP contribution in [0.2, 0.25) is 0 Å². The van der Waals surface area contributed by atoms with Crippen molar-refractivity contribution in [3.8, 4) is 0 Å². The largest absolute Gasteiger partial charge is 0.624 e. The van der Waals surface area contributed by atoms with E-state index in [1.54, 1.807) is 0 Å². The summed E-state index contributed by atoms with van der Waals surface area (Å²) in [5.41, 5.74) is 0. The predicted molar refractivity (Wildman–Crippen MR) is 51.3 cm³/mol. The fraction of sp³-hybridized carbons (Fsp3) is 0.900. The standard InChI is InChI=1S/C10H19NO/c1-7-5-9(3)10(11(4)12)6-8(7)2/h7-10H,4-6H2,1-3H3. The van der Waals surface area contributed by atoms with Crippen molar-refractivity contribution in [2.75, 3.05) is 0 Å². The second-order valence-corrected chi connectivity index (χ2v) is 4.39. The summed E-state index contributed by atoms with van der Waals surface area (Å²) < 4.78 is 0.896. The molecular weight excluding hydrogens is 150 g/mol. The van der Waals surface area contributed by atoms with Crippen LogP contribution in [-0.4, -0.2) is 17.5 Å². The molecule has 0 saturated heterocycles. The summed E-state index contributed by atoms with van der Waals surface area (Å²) in [5.74, 6) is 1.94. The predicted octanol–water partition coefficient (Wildman–Crippen LogP) is 2.27. The van der Waals surface area contributed by atoms with Gasteiger partial charge in [0.2, 0.25) is 0 Å². The van der Waals surface area contributed by atoms with Gasteiger partial charge in [-0.3, -0.25) is 0 Å². The Labute approximate surface area is 74.9 Å². The van der Waals surface area contributed by atoms with Crippen LogP contribution in [0.15, 0.2) is 0 Å². The molecule has 1 fully saturated rings. The summed E-state index contributed by atoms with van der Waals surface area (Å²) in [7, 11) is 0. The summed E-state index contributed by atoms with van der Waals surface area (Å²) in [5, 5.41) is 11.1. The van der Waals surface area contributed by atoms with Crippen molar-refractivity contribution < 1.29 is 4.74 Å². The molecule has 0 aromatic carbocycles. The average Bonchev–Trinajstić information content (AvgIpc) is 1.96. The molecule has 0 aliphatic heterocycles. The van der Waals surface area contributed by atoms with Gasteiger partial charge in [-0.05, 0) is 18.3 Å². The van der Waals surface area contributed by atoms with Crippen molar-refractivity contribution >= 4 is 6.72 Å². The number of hydrogen-bond donors (Lipinski definition) is 0. The van der Waals surface area contributed by atoms with E-state index in [1.165, 1.54) is 6.42 Å². The number of nitrogens with zero attached hydrogens (tertiary/aromatic N) is 1. The first-order valence-corrected chi connectivity index (χ1v) is 4.79. The van der Waals surface area contributed by atoms with Gasteiger partial charge >= 0.3 is 0 Å². The van der Waals surface area contributed by atoms with E-state index in [1.807, 2.05) is 0 Å². The van der Waals surface area contributed by atoms with Gasteiger partial charge in [-0.15, -0.1) is 0 Å². The van der Waals surface area contributed by atoms with Gasteiger partial charge in [-0.25, -0.2) is 4.74 Å². The van der Waals surface area contributed by atoms with E-state index in [4.69, 9.17) is 0 Å². The van der Waals surface area contributed by atoms with Crippen molar-refractivity contribution in [1.82, 2.24) is 0 Å². The molecule has 12 heavy (non-hydrogen) atoms. The number of hydroxylamine groups is 1. The highest BCUT2D eigenvalue weighted by Crippen LogP contribution is 2.34. The fourth-order valence-corrected chi connectivity index (χ4v) is 2.22. The average molecular weight is 169 g/mol. The Balaban J connectivity index is 2.61. The molecule has 0 N–H and O–H groups in total. The second-order valence-electron chi connectivity index (χ2n) is 4.39. The molecule has 70 valence electrons. The summed E-state index contributed by atoms with van der Waals surface area (Å²) >= 11 is 0. The van der Waals surface area contributed by atoms with Gasteiger partial charge in [0.05, 0.1) is 0 Å². The molecule has 0 radical (unpaired) electrons. The summed E-state index contributed by atoms with van der Waals surface area (Å²) in [6.07, 6.45) is 2.18. The molecule has 1 rings (SSSR count). The minimum atomic E-state index is 0.149. The molecule has 1 aliphatic rings. The van der Waals surface area contributed by atoms with Crippen molar-refractivity contribution in [3.05, 3.63) is 5.21 Å². The lowest BCUT2D eigenvalue weighted by Crippen LogP contribution is -2.37. The minimum Gasteiger partial charge on any atom is -0.624 e. The van der Waals surface area contributed by atoms with Gasteiger partial charge in [0, 0.05) is 12.3 Å². The maximum atomic E-state index is 11.1. The normalized spacial score (nSPS) is 42.6. The quantitative estimate of drug-likeness (QED) is 0.256. The van der Waals surface area contributed by atoms with E-state index in [-0.39, 0.29) is 6.04 Å². The van der Waals surface area contributed by atoms with E-state index in [9.17, 15) is 5.21 Å². The molecule has 0 bridgehead atoms. The third-order valence-corrected chi connectivity index (χ3v) is 3.36. The van der Waals surface area contributed by atoms with Crippen LogP contribution in [0.3, 0.4) is 0 Å². The Morgan fingerprint density at radius 2 is 1.58 bits per heavy atom. The van der Waals surface area contributed by atoms with Crippen LogP contribution < -0.4 is 0 Å². The molecule has 0 aromatic heterocycles. The molecule has 0 aromatic rings. The number of hydrogen-bond acceptors (Lipinski definition) is 1. The Morgan fingerprint density at radius 1 is 1.08 bits per heavy atom. The smallest absolute Gasteiger partial charge is 0.165 e. The molecule has 1 saturated carbocycles. The first-order chi connectivity index (χ1) is 5.52. The van der Waals surface area contributed by atoms with E-state index in [0.29, 0.717) is 11.8 Å². The van der Waals surface area contributed by atoms with Crippen LogP contribution in [0.5, 0.6) is 0 Å². The van der Waals surface area contributed by atoms with Crippen molar-refractivity contribution in [2.45, 2.75) is 39.7 Å². The van der Waals surface area contributed by atoms with Crippen molar-refractivity contribution in [2.24, 2.45) is 17.8 Å². The zero-order valence-corrected chi connectivity index (χ0v) is 8.29. The van der Waals surface area contributed by atoms with Crippen molar-refractivity contribution in [1.29, 1.82) is 0 Å². The zero-order chi connectivity index (χ0) is 9.30. The van der Waals surface area contributed by atoms with Crippen LogP contribution in [-0.2, 0) is 0 Å². The molecule has 1 aliphatic carbocycles. The molecular formula is C10H19NO. The minimum absolute atomic E-state index is 0.149. The van der Waals surface area contributed by atoms with E-state index < -0.39 is 0 Å². The Bertz CT molecular complexity index is 179. The second kappa shape index (κ2) is 3.46. The topological polar surface area (TPSA) is 26.1 Å². The van der Waals surface area contributed by atoms with Crippen LogP contribution >= 0.6 is 0 Å². The lowest BCUT2D eigenvalue weighted by atomic mass is 9.74. The molecule has 4 unspecified atom stereocenters. The lowest BCUT2D eigenvalue weighted by molar-refractivity contribution is -0.509. The van der Waals surface area contributed by atoms with Crippen LogP contribution in [0.4, 0.5) is 0 Å². The summed E-state index contributed by atoms with van der Waals surface area (Å²) in [6, 6.07) is 0.149. The molecule has 4 atom stereocenters. The molecule has 2 heteroatoms. The SMILES string of the molecule is C=[N+]([O-])C1CC(C)C(C)CC1C. The highest BCUT2D eigenvalue weighted by molar-refractivity contribution is 5.15. The van der Waals surface area contributed by atoms with Crippen LogP contribution in [0.25, 0.3) is 0 Å². The van der Waals surface area contributed by atoms with E-state index in [2.05, 4.69) is 27.5 Å². The van der Waals surface area contributed by atoms with Gasteiger partial charge in [-0.2, -0.15) is 0 Å². The summed E-state index contributed by atoms with van der Waals surface area (Å²) in [6.45, 7) is 10.1. The summed E-state index contributed by atoms with van der Waals surface area (Å²) in [4.78, 5) is 0. The molecule has 0 amide bonds. The zero-order valence-electron chi connectivity index (χ0n) is 8.29. The van der Waals surface area contributed by atoms with Gasteiger partial charge in [0.15, 0.2) is 6.04 Å². The van der Waals surface area contributed by atoms with Gasteiger partial charge < -0.3 is 5.21 Å². The maximum Gasteiger partial charge on any atom is 0.165 e. The molecule has 0 heterocycles. The third kappa shape index (κ3) is 1.79. The monoisotopic (exact) mass is 169 g/mol. The maximum absolute atomic E-state index is 11.1. The first kappa shape index (κ1) is 9.56.